The Hall–Kier alpha value is -3.19. The van der Waals surface area contributed by atoms with Crippen molar-refractivity contribution in [2.24, 2.45) is 0 Å². The average molecular weight is 382 g/mol. The molecular weight excluding hydrogens is 356 g/mol. The summed E-state index contributed by atoms with van der Waals surface area (Å²) in [6.07, 6.45) is 0.859. The van der Waals surface area contributed by atoms with Crippen LogP contribution in [0.25, 0.3) is 0 Å². The van der Waals surface area contributed by atoms with E-state index in [4.69, 9.17) is 0 Å². The second-order valence-corrected chi connectivity index (χ2v) is 6.44. The van der Waals surface area contributed by atoms with Gasteiger partial charge in [-0.1, -0.05) is 37.3 Å². The van der Waals surface area contributed by atoms with E-state index in [-0.39, 0.29) is 30.8 Å². The molecule has 3 N–H and O–H groups in total. The molecular formula is C21H26N4O3. The van der Waals surface area contributed by atoms with Crippen LogP contribution in [0.1, 0.15) is 23.7 Å². The molecule has 0 unspecified atom stereocenters. The maximum Gasteiger partial charge on any atom is 0.257 e. The Bertz CT molecular complexity index is 808. The van der Waals surface area contributed by atoms with Crippen LogP contribution in [0.2, 0.25) is 0 Å². The lowest BCUT2D eigenvalue weighted by molar-refractivity contribution is -0.122. The second-order valence-electron chi connectivity index (χ2n) is 6.44. The summed E-state index contributed by atoms with van der Waals surface area (Å²) in [7, 11) is 1.69. The van der Waals surface area contributed by atoms with Crippen LogP contribution in [-0.4, -0.2) is 49.3 Å². The smallest absolute Gasteiger partial charge is 0.257 e. The highest BCUT2D eigenvalue weighted by atomic mass is 16.2. The maximum atomic E-state index is 12.6. The monoisotopic (exact) mass is 382 g/mol. The molecule has 2 aromatic rings. The quantitative estimate of drug-likeness (QED) is 0.621. The zero-order valence-electron chi connectivity index (χ0n) is 16.2. The van der Waals surface area contributed by atoms with Crippen LogP contribution >= 0.6 is 0 Å². The van der Waals surface area contributed by atoms with Crippen molar-refractivity contribution in [1.82, 2.24) is 10.2 Å². The minimum absolute atomic E-state index is 0.0359. The largest absolute Gasteiger partial charge is 0.355 e. The third-order valence-corrected chi connectivity index (χ3v) is 3.88. The molecule has 0 fully saturated rings. The molecule has 0 aliphatic carbocycles. The molecule has 0 aliphatic heterocycles. The van der Waals surface area contributed by atoms with Crippen LogP contribution in [0.5, 0.6) is 0 Å². The Labute approximate surface area is 165 Å². The molecule has 2 aromatic carbocycles. The third-order valence-electron chi connectivity index (χ3n) is 3.88. The number of amides is 3. The van der Waals surface area contributed by atoms with Gasteiger partial charge in [0, 0.05) is 12.2 Å². The Morgan fingerprint density at radius 1 is 0.857 bits per heavy atom. The summed E-state index contributed by atoms with van der Waals surface area (Å²) in [4.78, 5) is 38.2. The summed E-state index contributed by atoms with van der Waals surface area (Å²) in [5.41, 5.74) is 1.46. The van der Waals surface area contributed by atoms with E-state index in [9.17, 15) is 14.4 Å². The van der Waals surface area contributed by atoms with Crippen molar-refractivity contribution in [1.29, 1.82) is 0 Å². The van der Waals surface area contributed by atoms with E-state index in [0.29, 0.717) is 23.5 Å². The first kappa shape index (κ1) is 21.1. The predicted octanol–water partition coefficient (Wildman–Crippen LogP) is 2.34. The molecule has 148 valence electrons. The lowest BCUT2D eigenvalue weighted by Gasteiger charge is -2.17. The Morgan fingerprint density at radius 3 is 2.21 bits per heavy atom. The summed E-state index contributed by atoms with van der Waals surface area (Å²) in [6.45, 7) is 2.75. The first-order valence-corrected chi connectivity index (χ1v) is 9.20. The topological polar surface area (TPSA) is 90.5 Å². The van der Waals surface area contributed by atoms with Gasteiger partial charge in [-0.05, 0) is 37.7 Å². The molecule has 0 aliphatic rings. The number of para-hydroxylation sites is 2. The highest BCUT2D eigenvalue weighted by Crippen LogP contribution is 2.17. The molecule has 0 atom stereocenters. The molecule has 7 heteroatoms. The van der Waals surface area contributed by atoms with Crippen molar-refractivity contribution in [2.75, 3.05) is 37.3 Å². The van der Waals surface area contributed by atoms with E-state index in [1.54, 1.807) is 48.3 Å². The van der Waals surface area contributed by atoms with Gasteiger partial charge in [0.15, 0.2) is 0 Å². The predicted molar refractivity (Wildman–Crippen MR) is 110 cm³/mol. The number of carbonyl (C=O) groups is 3. The highest BCUT2D eigenvalue weighted by molar-refractivity contribution is 6.10. The molecule has 28 heavy (non-hydrogen) atoms. The first-order valence-electron chi connectivity index (χ1n) is 9.20. The number of carbonyl (C=O) groups excluding carboxylic acids is 3. The van der Waals surface area contributed by atoms with Gasteiger partial charge in [-0.25, -0.2) is 0 Å². The summed E-state index contributed by atoms with van der Waals surface area (Å²) in [5.74, 6) is -0.736. The molecule has 0 radical (unpaired) electrons. The standard InChI is InChI=1S/C21H26N4O3/c1-3-13-22-19(26)14-25(2)15-20(27)24-18-12-8-7-11-17(18)21(28)23-16-9-5-4-6-10-16/h4-12H,3,13-15H2,1-2H3,(H,22,26)(H,23,28)(H,24,27). The second kappa shape index (κ2) is 10.8. The molecule has 0 saturated heterocycles. The lowest BCUT2D eigenvalue weighted by atomic mass is 10.1. The van der Waals surface area contributed by atoms with Gasteiger partial charge < -0.3 is 16.0 Å². The molecule has 7 nitrogen and oxygen atoms in total. The zero-order valence-corrected chi connectivity index (χ0v) is 16.2. The van der Waals surface area contributed by atoms with Crippen molar-refractivity contribution in [3.8, 4) is 0 Å². The van der Waals surface area contributed by atoms with Crippen LogP contribution in [0.4, 0.5) is 11.4 Å². The molecule has 3 amide bonds. The van der Waals surface area contributed by atoms with Crippen LogP contribution in [0.3, 0.4) is 0 Å². The van der Waals surface area contributed by atoms with Gasteiger partial charge in [0.2, 0.25) is 11.8 Å². The molecule has 0 aromatic heterocycles. The molecule has 0 heterocycles. The van der Waals surface area contributed by atoms with Gasteiger partial charge in [-0.3, -0.25) is 19.3 Å². The van der Waals surface area contributed by atoms with Gasteiger partial charge in [0.05, 0.1) is 24.3 Å². The van der Waals surface area contributed by atoms with E-state index in [0.717, 1.165) is 6.42 Å². The number of rotatable bonds is 9. The molecule has 2 rings (SSSR count). The summed E-state index contributed by atoms with van der Waals surface area (Å²) < 4.78 is 0. The third kappa shape index (κ3) is 6.85. The molecule has 0 saturated carbocycles. The Balaban J connectivity index is 1.95. The number of likely N-dealkylation sites (N-methyl/N-ethyl adjacent to an activating group) is 1. The SMILES string of the molecule is CCCNC(=O)CN(C)CC(=O)Nc1ccccc1C(=O)Nc1ccccc1. The maximum absolute atomic E-state index is 12.6. The van der Waals surface area contributed by atoms with Crippen molar-refractivity contribution >= 4 is 29.1 Å². The zero-order chi connectivity index (χ0) is 20.4. The number of nitrogens with zero attached hydrogens (tertiary/aromatic N) is 1. The molecule has 0 spiro atoms. The average Bonchev–Trinajstić information content (AvgIpc) is 2.67. The van der Waals surface area contributed by atoms with Crippen LogP contribution < -0.4 is 16.0 Å². The first-order chi connectivity index (χ1) is 13.5. The lowest BCUT2D eigenvalue weighted by Crippen LogP contribution is -2.39. The van der Waals surface area contributed by atoms with E-state index < -0.39 is 0 Å². The summed E-state index contributed by atoms with van der Waals surface area (Å²) in [6, 6.07) is 15.9. The van der Waals surface area contributed by atoms with Gasteiger partial charge >= 0.3 is 0 Å². The Morgan fingerprint density at radius 2 is 1.50 bits per heavy atom. The van der Waals surface area contributed by atoms with Crippen LogP contribution in [0, 0.1) is 0 Å². The van der Waals surface area contributed by atoms with Crippen molar-refractivity contribution in [3.05, 3.63) is 60.2 Å². The summed E-state index contributed by atoms with van der Waals surface area (Å²) >= 11 is 0. The van der Waals surface area contributed by atoms with Crippen molar-refractivity contribution < 1.29 is 14.4 Å². The Kier molecular flexibility index (Phi) is 8.17. The molecule has 0 bridgehead atoms. The van der Waals surface area contributed by atoms with Crippen LogP contribution in [0.15, 0.2) is 54.6 Å². The number of hydrogen-bond donors (Lipinski definition) is 3. The van der Waals surface area contributed by atoms with Gasteiger partial charge in [0.1, 0.15) is 0 Å². The van der Waals surface area contributed by atoms with Gasteiger partial charge in [-0.15, -0.1) is 0 Å². The van der Waals surface area contributed by atoms with E-state index in [1.807, 2.05) is 25.1 Å². The summed E-state index contributed by atoms with van der Waals surface area (Å²) in [5, 5.41) is 8.32. The fourth-order valence-corrected chi connectivity index (χ4v) is 2.57. The number of hydrogen-bond acceptors (Lipinski definition) is 4. The fraction of sp³-hybridized carbons (Fsp3) is 0.286. The van der Waals surface area contributed by atoms with Crippen molar-refractivity contribution in [2.45, 2.75) is 13.3 Å². The van der Waals surface area contributed by atoms with E-state index >= 15 is 0 Å². The minimum atomic E-state index is -0.311. The van der Waals surface area contributed by atoms with Gasteiger partial charge in [0.25, 0.3) is 5.91 Å². The number of benzene rings is 2. The number of anilines is 2. The van der Waals surface area contributed by atoms with Gasteiger partial charge in [-0.2, -0.15) is 0 Å². The fourth-order valence-electron chi connectivity index (χ4n) is 2.57. The highest BCUT2D eigenvalue weighted by Gasteiger charge is 2.15. The van der Waals surface area contributed by atoms with E-state index in [1.165, 1.54) is 0 Å². The normalized spacial score (nSPS) is 10.4. The van der Waals surface area contributed by atoms with Crippen LogP contribution in [-0.2, 0) is 9.59 Å². The minimum Gasteiger partial charge on any atom is -0.355 e. The van der Waals surface area contributed by atoms with E-state index in [2.05, 4.69) is 16.0 Å². The number of nitrogens with one attached hydrogen (secondary N) is 3. The van der Waals surface area contributed by atoms with Crippen molar-refractivity contribution in [3.63, 3.8) is 0 Å².